The molecular weight excluding hydrogens is 376 g/mol. The highest BCUT2D eigenvalue weighted by molar-refractivity contribution is 7.99. The highest BCUT2D eigenvalue weighted by Gasteiger charge is 2.23. The largest absolute Gasteiger partial charge is 0.372 e. The molecule has 0 amide bonds. The van der Waals surface area contributed by atoms with Crippen molar-refractivity contribution in [2.45, 2.75) is 31.8 Å². The molecule has 25 heavy (non-hydrogen) atoms. The molecule has 2 unspecified atom stereocenters. The van der Waals surface area contributed by atoms with Crippen LogP contribution in [0.15, 0.2) is 68.1 Å². The Kier molecular flexibility index (Phi) is 5.11. The van der Waals surface area contributed by atoms with Gasteiger partial charge in [-0.05, 0) is 48.5 Å². The third-order valence-corrected chi connectivity index (χ3v) is 8.02. The molecule has 0 spiro atoms. The number of epoxide rings is 2. The van der Waals surface area contributed by atoms with Gasteiger partial charge >= 0.3 is 0 Å². The number of rotatable bonds is 8. The Hall–Kier alpha value is -0.990. The van der Waals surface area contributed by atoms with E-state index in [0.717, 1.165) is 34.5 Å². The maximum absolute atomic E-state index is 12.8. The van der Waals surface area contributed by atoms with Crippen LogP contribution in [0.3, 0.4) is 0 Å². The molecule has 0 saturated carbocycles. The van der Waals surface area contributed by atoms with Crippen LogP contribution in [0.5, 0.6) is 0 Å². The molecule has 2 aliphatic rings. The fraction of sp³-hybridized carbons (Fsp3) is 0.333. The number of benzene rings is 2. The summed E-state index contributed by atoms with van der Waals surface area (Å²) in [6.07, 6.45) is 0.715. The van der Waals surface area contributed by atoms with E-state index in [1.165, 1.54) is 0 Å². The summed E-state index contributed by atoms with van der Waals surface area (Å²) in [5.41, 5.74) is 0. The molecule has 0 aliphatic carbocycles. The van der Waals surface area contributed by atoms with Crippen molar-refractivity contribution >= 4 is 33.4 Å². The second-order valence-electron chi connectivity index (χ2n) is 5.98. The lowest BCUT2D eigenvalue weighted by Crippen LogP contribution is -2.02. The first kappa shape index (κ1) is 17.4. The summed E-state index contributed by atoms with van der Waals surface area (Å²) >= 11 is 3.38. The van der Waals surface area contributed by atoms with E-state index in [9.17, 15) is 8.42 Å². The minimum atomic E-state index is -3.48. The molecule has 0 N–H and O–H groups in total. The van der Waals surface area contributed by atoms with Crippen LogP contribution in [0.1, 0.15) is 0 Å². The molecule has 2 aromatic rings. The number of hydrogen-bond acceptors (Lipinski definition) is 6. The average Bonchev–Trinajstić information content (AvgIpc) is 3.54. The van der Waals surface area contributed by atoms with Gasteiger partial charge in [-0.3, -0.25) is 0 Å². The average molecular weight is 395 g/mol. The molecule has 132 valence electrons. The van der Waals surface area contributed by atoms with Crippen molar-refractivity contribution in [1.82, 2.24) is 0 Å². The minimum absolute atomic E-state index is 0.325. The SMILES string of the molecule is O=S(=O)(c1ccc(SCC2CO2)cc1)c1ccc(SCC2CO2)cc1. The third kappa shape index (κ3) is 4.60. The fourth-order valence-electron chi connectivity index (χ4n) is 2.27. The zero-order chi connectivity index (χ0) is 17.3. The molecule has 4 nitrogen and oxygen atoms in total. The summed E-state index contributed by atoms with van der Waals surface area (Å²) in [5, 5.41) is 0. The van der Waals surface area contributed by atoms with Gasteiger partial charge in [0.1, 0.15) is 0 Å². The molecule has 0 aromatic heterocycles. The van der Waals surface area contributed by atoms with Crippen LogP contribution in [0, 0.1) is 0 Å². The van der Waals surface area contributed by atoms with Crippen molar-refractivity contribution in [3.8, 4) is 0 Å². The first-order valence-electron chi connectivity index (χ1n) is 8.05. The van der Waals surface area contributed by atoms with E-state index in [1.54, 1.807) is 47.8 Å². The number of hydrogen-bond donors (Lipinski definition) is 0. The minimum Gasteiger partial charge on any atom is -0.372 e. The van der Waals surface area contributed by atoms with Crippen LogP contribution in [-0.4, -0.2) is 45.3 Å². The molecule has 2 atom stereocenters. The molecule has 0 radical (unpaired) electrons. The molecule has 2 aliphatic heterocycles. The Labute approximate surface area is 156 Å². The summed E-state index contributed by atoms with van der Waals surface area (Å²) in [5.74, 6) is 1.83. The predicted octanol–water partition coefficient (Wildman–Crippen LogP) is 3.50. The van der Waals surface area contributed by atoms with Crippen molar-refractivity contribution in [3.63, 3.8) is 0 Å². The summed E-state index contributed by atoms with van der Waals surface area (Å²) in [4.78, 5) is 2.77. The lowest BCUT2D eigenvalue weighted by Gasteiger charge is -2.07. The van der Waals surface area contributed by atoms with Crippen molar-refractivity contribution < 1.29 is 17.9 Å². The Bertz CT molecular complexity index is 758. The third-order valence-electron chi connectivity index (χ3n) is 3.94. The second-order valence-corrected chi connectivity index (χ2v) is 10.1. The van der Waals surface area contributed by atoms with Crippen LogP contribution in [0.2, 0.25) is 0 Å². The summed E-state index contributed by atoms with van der Waals surface area (Å²) in [6.45, 7) is 1.67. The molecular formula is C18H18O4S3. The normalized spacial score (nSPS) is 21.9. The van der Waals surface area contributed by atoms with Crippen molar-refractivity contribution in [1.29, 1.82) is 0 Å². The van der Waals surface area contributed by atoms with Gasteiger partial charge < -0.3 is 9.47 Å². The quantitative estimate of drug-likeness (QED) is 0.504. The Morgan fingerprint density at radius 1 is 0.760 bits per heavy atom. The standard InChI is InChI=1S/C18H18O4S3/c19-25(20,17-5-1-15(2-6-17)23-11-13-9-21-13)18-7-3-16(4-8-18)24-12-14-10-22-14/h1-8,13-14H,9-12H2. The van der Waals surface area contributed by atoms with E-state index in [4.69, 9.17) is 9.47 Å². The molecule has 2 aromatic carbocycles. The van der Waals surface area contributed by atoms with Gasteiger partial charge in [0.15, 0.2) is 0 Å². The number of thioether (sulfide) groups is 2. The Balaban J connectivity index is 1.43. The van der Waals surface area contributed by atoms with Gasteiger partial charge in [-0.25, -0.2) is 8.42 Å². The van der Waals surface area contributed by atoms with Crippen LogP contribution >= 0.6 is 23.5 Å². The van der Waals surface area contributed by atoms with Gasteiger partial charge in [0.05, 0.1) is 35.2 Å². The van der Waals surface area contributed by atoms with Gasteiger partial charge in [-0.1, -0.05) is 0 Å². The Morgan fingerprint density at radius 2 is 1.12 bits per heavy atom. The van der Waals surface area contributed by atoms with Gasteiger partial charge in [0.25, 0.3) is 0 Å². The molecule has 0 bridgehead atoms. The van der Waals surface area contributed by atoms with Gasteiger partial charge in [0, 0.05) is 21.3 Å². The highest BCUT2D eigenvalue weighted by atomic mass is 32.2. The molecule has 2 heterocycles. The molecule has 2 fully saturated rings. The lowest BCUT2D eigenvalue weighted by molar-refractivity contribution is 0.426. The first-order valence-corrected chi connectivity index (χ1v) is 11.5. The van der Waals surface area contributed by atoms with Crippen LogP contribution in [-0.2, 0) is 19.3 Å². The van der Waals surface area contributed by atoms with Crippen LogP contribution < -0.4 is 0 Å². The van der Waals surface area contributed by atoms with E-state index in [2.05, 4.69) is 0 Å². The fourth-order valence-corrected chi connectivity index (χ4v) is 5.33. The zero-order valence-electron chi connectivity index (χ0n) is 13.5. The van der Waals surface area contributed by atoms with E-state index in [-0.39, 0.29) is 0 Å². The van der Waals surface area contributed by atoms with E-state index < -0.39 is 9.84 Å². The van der Waals surface area contributed by atoms with Crippen molar-refractivity contribution in [3.05, 3.63) is 48.5 Å². The van der Waals surface area contributed by atoms with Crippen LogP contribution in [0.25, 0.3) is 0 Å². The van der Waals surface area contributed by atoms with Crippen molar-refractivity contribution in [2.24, 2.45) is 0 Å². The summed E-state index contributed by atoms with van der Waals surface area (Å²) < 4.78 is 35.9. The monoisotopic (exact) mass is 394 g/mol. The van der Waals surface area contributed by atoms with Gasteiger partial charge in [-0.15, -0.1) is 23.5 Å². The van der Waals surface area contributed by atoms with Gasteiger partial charge in [-0.2, -0.15) is 0 Å². The topological polar surface area (TPSA) is 59.2 Å². The maximum Gasteiger partial charge on any atom is 0.206 e. The van der Waals surface area contributed by atoms with Crippen LogP contribution in [0.4, 0.5) is 0 Å². The molecule has 4 rings (SSSR count). The lowest BCUT2D eigenvalue weighted by atomic mass is 10.4. The molecule has 2 saturated heterocycles. The van der Waals surface area contributed by atoms with E-state index >= 15 is 0 Å². The summed E-state index contributed by atoms with van der Waals surface area (Å²) in [6, 6.07) is 14.2. The smallest absolute Gasteiger partial charge is 0.206 e. The van der Waals surface area contributed by atoms with E-state index in [1.807, 2.05) is 24.3 Å². The Morgan fingerprint density at radius 3 is 1.44 bits per heavy atom. The predicted molar refractivity (Wildman–Crippen MR) is 99.3 cm³/mol. The zero-order valence-corrected chi connectivity index (χ0v) is 15.9. The molecule has 7 heteroatoms. The highest BCUT2D eigenvalue weighted by Crippen LogP contribution is 2.29. The number of ether oxygens (including phenoxy) is 2. The number of sulfone groups is 1. The van der Waals surface area contributed by atoms with E-state index in [0.29, 0.717) is 22.0 Å². The second kappa shape index (κ2) is 7.32. The first-order chi connectivity index (χ1) is 12.1. The van der Waals surface area contributed by atoms with Crippen molar-refractivity contribution in [2.75, 3.05) is 24.7 Å². The van der Waals surface area contributed by atoms with Gasteiger partial charge in [0.2, 0.25) is 9.84 Å². The maximum atomic E-state index is 12.8. The summed E-state index contributed by atoms with van der Waals surface area (Å²) in [7, 11) is -3.48.